The van der Waals surface area contributed by atoms with E-state index in [0.717, 1.165) is 24.1 Å². The van der Waals surface area contributed by atoms with Gasteiger partial charge in [-0.25, -0.2) is 0 Å². The van der Waals surface area contributed by atoms with E-state index in [9.17, 15) is 4.79 Å². The van der Waals surface area contributed by atoms with Gasteiger partial charge in [0.05, 0.1) is 5.69 Å². The highest BCUT2D eigenvalue weighted by atomic mass is 16.1. The average molecular weight is 228 g/mol. The SMILES string of the molecule is CCn1nc(C)c(-c2ccc(C=O)cc2)c1C. The Kier molecular flexibility index (Phi) is 3.09. The van der Waals surface area contributed by atoms with Gasteiger partial charge in [0.2, 0.25) is 0 Å². The molecule has 2 rings (SSSR count). The molecule has 0 N–H and O–H groups in total. The first-order valence-corrected chi connectivity index (χ1v) is 5.77. The number of aromatic nitrogens is 2. The monoisotopic (exact) mass is 228 g/mol. The zero-order valence-electron chi connectivity index (χ0n) is 10.4. The van der Waals surface area contributed by atoms with E-state index in [2.05, 4.69) is 18.9 Å². The molecule has 0 bridgehead atoms. The molecule has 2 aromatic rings. The molecule has 88 valence electrons. The largest absolute Gasteiger partial charge is 0.298 e. The Morgan fingerprint density at radius 2 is 1.88 bits per heavy atom. The molecule has 0 fully saturated rings. The summed E-state index contributed by atoms with van der Waals surface area (Å²) >= 11 is 0. The second-order valence-corrected chi connectivity index (χ2v) is 4.10. The van der Waals surface area contributed by atoms with E-state index in [4.69, 9.17) is 0 Å². The van der Waals surface area contributed by atoms with Crippen molar-refractivity contribution in [2.24, 2.45) is 0 Å². The summed E-state index contributed by atoms with van der Waals surface area (Å²) in [4.78, 5) is 10.6. The van der Waals surface area contributed by atoms with Crippen LogP contribution < -0.4 is 0 Å². The van der Waals surface area contributed by atoms with Crippen molar-refractivity contribution in [1.82, 2.24) is 9.78 Å². The normalized spacial score (nSPS) is 10.5. The summed E-state index contributed by atoms with van der Waals surface area (Å²) in [6.07, 6.45) is 0.860. The molecule has 3 nitrogen and oxygen atoms in total. The number of hydrogen-bond donors (Lipinski definition) is 0. The van der Waals surface area contributed by atoms with E-state index >= 15 is 0 Å². The number of carbonyl (C=O) groups excluding carboxylic acids is 1. The van der Waals surface area contributed by atoms with Gasteiger partial charge < -0.3 is 0 Å². The molecule has 0 unspecified atom stereocenters. The van der Waals surface area contributed by atoms with E-state index in [-0.39, 0.29) is 0 Å². The van der Waals surface area contributed by atoms with Gasteiger partial charge in [-0.05, 0) is 26.3 Å². The predicted octanol–water partition coefficient (Wildman–Crippen LogP) is 3.00. The molecular weight excluding hydrogens is 212 g/mol. The lowest BCUT2D eigenvalue weighted by molar-refractivity contribution is 0.112. The van der Waals surface area contributed by atoms with Crippen molar-refractivity contribution in [3.05, 3.63) is 41.2 Å². The minimum absolute atomic E-state index is 0.701. The smallest absolute Gasteiger partial charge is 0.150 e. The van der Waals surface area contributed by atoms with Crippen LogP contribution in [0, 0.1) is 13.8 Å². The van der Waals surface area contributed by atoms with Crippen LogP contribution in [0.1, 0.15) is 28.7 Å². The molecule has 0 atom stereocenters. The fraction of sp³-hybridized carbons (Fsp3) is 0.286. The van der Waals surface area contributed by atoms with Crippen LogP contribution in [-0.2, 0) is 6.54 Å². The van der Waals surface area contributed by atoms with Crippen molar-refractivity contribution >= 4 is 6.29 Å². The lowest BCUT2D eigenvalue weighted by Crippen LogP contribution is -1.98. The third-order valence-electron chi connectivity index (χ3n) is 3.02. The molecule has 17 heavy (non-hydrogen) atoms. The fourth-order valence-corrected chi connectivity index (χ4v) is 2.15. The Morgan fingerprint density at radius 1 is 1.24 bits per heavy atom. The van der Waals surface area contributed by atoms with Crippen LogP contribution >= 0.6 is 0 Å². The summed E-state index contributed by atoms with van der Waals surface area (Å²) in [6, 6.07) is 7.62. The average Bonchev–Trinajstić information content (AvgIpc) is 2.64. The van der Waals surface area contributed by atoms with Gasteiger partial charge in [-0.15, -0.1) is 0 Å². The fourth-order valence-electron chi connectivity index (χ4n) is 2.15. The van der Waals surface area contributed by atoms with Crippen molar-refractivity contribution in [1.29, 1.82) is 0 Å². The van der Waals surface area contributed by atoms with Crippen molar-refractivity contribution < 1.29 is 4.79 Å². The van der Waals surface area contributed by atoms with Gasteiger partial charge in [0, 0.05) is 23.4 Å². The summed E-state index contributed by atoms with van der Waals surface area (Å²) < 4.78 is 2.00. The van der Waals surface area contributed by atoms with Crippen LogP contribution in [0.15, 0.2) is 24.3 Å². The van der Waals surface area contributed by atoms with Crippen LogP contribution in [0.4, 0.5) is 0 Å². The number of aryl methyl sites for hydroxylation is 2. The number of rotatable bonds is 3. The maximum absolute atomic E-state index is 10.6. The molecule has 0 radical (unpaired) electrons. The molecule has 0 amide bonds. The van der Waals surface area contributed by atoms with Gasteiger partial charge in [0.25, 0.3) is 0 Å². The Hall–Kier alpha value is -1.90. The number of carbonyl (C=O) groups is 1. The first kappa shape index (κ1) is 11.6. The van der Waals surface area contributed by atoms with Crippen LogP contribution in [0.2, 0.25) is 0 Å². The molecule has 0 saturated heterocycles. The summed E-state index contributed by atoms with van der Waals surface area (Å²) in [7, 11) is 0. The third kappa shape index (κ3) is 2.00. The molecule has 1 aromatic heterocycles. The first-order valence-electron chi connectivity index (χ1n) is 5.77. The molecule has 0 aliphatic rings. The van der Waals surface area contributed by atoms with E-state index in [1.54, 1.807) is 0 Å². The second-order valence-electron chi connectivity index (χ2n) is 4.10. The Bertz CT molecular complexity index is 538. The van der Waals surface area contributed by atoms with Gasteiger partial charge in [0.1, 0.15) is 6.29 Å². The number of nitrogens with zero attached hydrogens (tertiary/aromatic N) is 2. The van der Waals surface area contributed by atoms with Crippen molar-refractivity contribution in [2.75, 3.05) is 0 Å². The van der Waals surface area contributed by atoms with Gasteiger partial charge >= 0.3 is 0 Å². The first-order chi connectivity index (χ1) is 8.17. The Morgan fingerprint density at radius 3 is 2.35 bits per heavy atom. The summed E-state index contributed by atoms with van der Waals surface area (Å²) in [5, 5.41) is 4.49. The molecule has 0 aliphatic heterocycles. The lowest BCUT2D eigenvalue weighted by Gasteiger charge is -2.03. The summed E-state index contributed by atoms with van der Waals surface area (Å²) in [6.45, 7) is 7.05. The number of aldehydes is 1. The predicted molar refractivity (Wildman–Crippen MR) is 68.2 cm³/mol. The quantitative estimate of drug-likeness (QED) is 0.757. The van der Waals surface area contributed by atoms with Gasteiger partial charge in [0.15, 0.2) is 0 Å². The van der Waals surface area contributed by atoms with Crippen molar-refractivity contribution in [3.63, 3.8) is 0 Å². The third-order valence-corrected chi connectivity index (χ3v) is 3.02. The van der Waals surface area contributed by atoms with E-state index in [1.807, 2.05) is 35.9 Å². The van der Waals surface area contributed by atoms with Crippen molar-refractivity contribution in [3.8, 4) is 11.1 Å². The number of hydrogen-bond acceptors (Lipinski definition) is 2. The maximum Gasteiger partial charge on any atom is 0.150 e. The zero-order chi connectivity index (χ0) is 12.4. The van der Waals surface area contributed by atoms with E-state index in [0.29, 0.717) is 5.56 Å². The Labute approximate surface area is 101 Å². The van der Waals surface area contributed by atoms with Gasteiger partial charge in [-0.2, -0.15) is 5.10 Å². The van der Waals surface area contributed by atoms with E-state index in [1.165, 1.54) is 11.3 Å². The molecule has 1 aromatic carbocycles. The molecule has 0 aliphatic carbocycles. The molecular formula is C14H16N2O. The second kappa shape index (κ2) is 4.53. The highest BCUT2D eigenvalue weighted by Gasteiger charge is 2.12. The highest BCUT2D eigenvalue weighted by molar-refractivity contribution is 5.77. The summed E-state index contributed by atoms with van der Waals surface area (Å²) in [5.74, 6) is 0. The van der Waals surface area contributed by atoms with Crippen LogP contribution in [-0.4, -0.2) is 16.1 Å². The molecule has 3 heteroatoms. The maximum atomic E-state index is 10.6. The minimum atomic E-state index is 0.701. The standard InChI is InChI=1S/C14H16N2O/c1-4-16-11(3)14(10(2)15-16)13-7-5-12(9-17)6-8-13/h5-9H,4H2,1-3H3. The summed E-state index contributed by atoms with van der Waals surface area (Å²) in [5.41, 5.74) is 5.19. The van der Waals surface area contributed by atoms with Gasteiger partial charge in [-0.1, -0.05) is 24.3 Å². The van der Waals surface area contributed by atoms with E-state index < -0.39 is 0 Å². The minimum Gasteiger partial charge on any atom is -0.298 e. The number of benzene rings is 1. The van der Waals surface area contributed by atoms with Crippen LogP contribution in [0.5, 0.6) is 0 Å². The van der Waals surface area contributed by atoms with Crippen LogP contribution in [0.3, 0.4) is 0 Å². The topological polar surface area (TPSA) is 34.9 Å². The van der Waals surface area contributed by atoms with Crippen molar-refractivity contribution in [2.45, 2.75) is 27.3 Å². The molecule has 0 saturated carbocycles. The van der Waals surface area contributed by atoms with Crippen LogP contribution in [0.25, 0.3) is 11.1 Å². The molecule has 0 spiro atoms. The lowest BCUT2D eigenvalue weighted by atomic mass is 10.0. The zero-order valence-corrected chi connectivity index (χ0v) is 10.4. The van der Waals surface area contributed by atoms with Gasteiger partial charge in [-0.3, -0.25) is 9.48 Å². The molecule has 1 heterocycles. The Balaban J connectivity index is 2.51. The highest BCUT2D eigenvalue weighted by Crippen LogP contribution is 2.26.